The lowest BCUT2D eigenvalue weighted by Gasteiger charge is -2.28. The van der Waals surface area contributed by atoms with E-state index in [9.17, 15) is 50.1 Å². The van der Waals surface area contributed by atoms with E-state index in [0.717, 1.165) is 21.3 Å². The van der Waals surface area contributed by atoms with E-state index in [-0.39, 0.29) is 63.3 Å². The molecule has 3 saturated heterocycles. The molecule has 0 aromatic carbocycles. The zero-order valence-corrected chi connectivity index (χ0v) is 29.5. The molecule has 3 aliphatic rings. The highest BCUT2D eigenvalue weighted by Crippen LogP contribution is 2.18. The lowest BCUT2D eigenvalue weighted by molar-refractivity contribution is -0.119. The average Bonchev–Trinajstić information content (AvgIpc) is 2.91. The molecule has 3 rings (SSSR count). The summed E-state index contributed by atoms with van der Waals surface area (Å²) in [5, 5.41) is 2.67. The third kappa shape index (κ3) is 18.8. The zero-order valence-electron chi connectivity index (χ0n) is 26.2. The predicted octanol–water partition coefficient (Wildman–Crippen LogP) is 0.729. The minimum atomic E-state index is -4.65. The molecule has 272 valence electrons. The van der Waals surface area contributed by atoms with Crippen LogP contribution in [0.15, 0.2) is 4.99 Å². The van der Waals surface area contributed by atoms with Gasteiger partial charge in [0.05, 0.1) is 12.3 Å². The minimum Gasteiger partial charge on any atom is -0.354 e. The monoisotopic (exact) mass is 750 g/mol. The maximum absolute atomic E-state index is 12.6. The molecule has 0 spiro atoms. The van der Waals surface area contributed by atoms with Gasteiger partial charge in [0, 0.05) is 58.3 Å². The van der Waals surface area contributed by atoms with Gasteiger partial charge in [-0.3, -0.25) is 9.79 Å². The van der Waals surface area contributed by atoms with E-state index < -0.39 is 41.3 Å². The molecule has 23 heteroatoms. The van der Waals surface area contributed by atoms with Gasteiger partial charge in [0.15, 0.2) is 0 Å². The molecule has 3 heterocycles. The number of hydrogen-bond donors (Lipinski definition) is 2. The third-order valence-corrected chi connectivity index (χ3v) is 10.3. The lowest BCUT2D eigenvalue weighted by atomic mass is 10.1. The molecular formula is C23H45F3N6O10S4. The average molecular weight is 751 g/mol. The SMILES string of the molecule is CC(=O)NC1CCN(S(=O)(=O)F)CC1.CC(C)CC=NC1CCN(S(=O)(=O)F)CC1.CS(=O)(=O)ONC1CCN(S(=O)(=O)F)CC1. The molecule has 46 heavy (non-hydrogen) atoms. The van der Waals surface area contributed by atoms with Gasteiger partial charge in [0.2, 0.25) is 5.91 Å². The number of hydroxylamine groups is 1. The maximum Gasteiger partial charge on any atom is 0.374 e. The number of carbonyl (C=O) groups excluding carboxylic acids is 1. The summed E-state index contributed by atoms with van der Waals surface area (Å²) >= 11 is 0. The molecule has 1 amide bonds. The molecule has 0 unspecified atom stereocenters. The van der Waals surface area contributed by atoms with Gasteiger partial charge >= 0.3 is 31.2 Å². The van der Waals surface area contributed by atoms with Crippen LogP contribution in [0.25, 0.3) is 0 Å². The Bertz CT molecular complexity index is 1410. The molecule has 16 nitrogen and oxygen atoms in total. The molecule has 0 saturated carbocycles. The Morgan fingerprint density at radius 1 is 0.761 bits per heavy atom. The first-order chi connectivity index (χ1) is 21.0. The summed E-state index contributed by atoms with van der Waals surface area (Å²) in [6, 6.07) is -0.185. The first kappa shape index (κ1) is 42.6. The first-order valence-electron chi connectivity index (χ1n) is 14.5. The van der Waals surface area contributed by atoms with Crippen LogP contribution < -0.4 is 10.8 Å². The molecule has 0 aromatic rings. The minimum absolute atomic E-state index is 0.00359. The molecule has 0 radical (unpaired) electrons. The quantitative estimate of drug-likeness (QED) is 0.181. The van der Waals surface area contributed by atoms with E-state index in [1.807, 2.05) is 6.21 Å². The van der Waals surface area contributed by atoms with Crippen LogP contribution in [-0.2, 0) is 50.4 Å². The number of hydrogen-bond acceptors (Lipinski definition) is 12. The first-order valence-corrected chi connectivity index (χ1v) is 20.3. The van der Waals surface area contributed by atoms with Gasteiger partial charge in [-0.25, -0.2) is 0 Å². The van der Waals surface area contributed by atoms with Gasteiger partial charge in [-0.2, -0.15) is 56.4 Å². The van der Waals surface area contributed by atoms with Gasteiger partial charge in [-0.05, 0) is 57.1 Å². The van der Waals surface area contributed by atoms with Crippen molar-refractivity contribution in [3.05, 3.63) is 0 Å². The van der Waals surface area contributed by atoms with Crippen molar-refractivity contribution in [2.45, 2.75) is 83.8 Å². The van der Waals surface area contributed by atoms with Gasteiger partial charge in [-0.15, -0.1) is 0 Å². The number of rotatable bonds is 10. The zero-order chi connectivity index (χ0) is 35.3. The summed E-state index contributed by atoms with van der Waals surface area (Å²) in [4.78, 5) is 15.0. The van der Waals surface area contributed by atoms with E-state index in [4.69, 9.17) is 0 Å². The van der Waals surface area contributed by atoms with Crippen molar-refractivity contribution < 1.29 is 54.4 Å². The van der Waals surface area contributed by atoms with E-state index in [2.05, 4.69) is 33.9 Å². The Balaban J connectivity index is 0.000000346. The van der Waals surface area contributed by atoms with E-state index >= 15 is 0 Å². The fraction of sp³-hybridized carbons (Fsp3) is 0.913. The van der Waals surface area contributed by atoms with E-state index in [1.165, 1.54) is 6.92 Å². The van der Waals surface area contributed by atoms with Crippen LogP contribution in [0.4, 0.5) is 11.7 Å². The molecule has 0 atom stereocenters. The van der Waals surface area contributed by atoms with Crippen molar-refractivity contribution in [2.24, 2.45) is 10.9 Å². The van der Waals surface area contributed by atoms with E-state index in [1.54, 1.807) is 0 Å². The van der Waals surface area contributed by atoms with Gasteiger partial charge in [0.1, 0.15) is 0 Å². The van der Waals surface area contributed by atoms with Crippen LogP contribution in [0.1, 0.15) is 65.7 Å². The molecular weight excluding hydrogens is 706 g/mol. The number of nitrogens with one attached hydrogen (secondary N) is 2. The van der Waals surface area contributed by atoms with Crippen LogP contribution in [-0.4, -0.2) is 122 Å². The van der Waals surface area contributed by atoms with Crippen molar-refractivity contribution in [3.63, 3.8) is 0 Å². The van der Waals surface area contributed by atoms with Crippen molar-refractivity contribution >= 4 is 53.5 Å². The predicted molar refractivity (Wildman–Crippen MR) is 165 cm³/mol. The van der Waals surface area contributed by atoms with Crippen molar-refractivity contribution in [2.75, 3.05) is 45.5 Å². The van der Waals surface area contributed by atoms with Gasteiger partial charge in [-0.1, -0.05) is 25.5 Å². The Kier molecular flexibility index (Phi) is 17.5. The number of carbonyl (C=O) groups is 1. The lowest BCUT2D eigenvalue weighted by Crippen LogP contribution is -2.45. The van der Waals surface area contributed by atoms with Crippen LogP contribution in [0.3, 0.4) is 0 Å². The summed E-state index contributed by atoms with van der Waals surface area (Å²) < 4.78 is 129. The van der Waals surface area contributed by atoms with Crippen LogP contribution in [0, 0.1) is 5.92 Å². The fourth-order valence-corrected chi connectivity index (χ4v) is 6.73. The second-order valence-corrected chi connectivity index (χ2v) is 17.0. The summed E-state index contributed by atoms with van der Waals surface area (Å²) in [6.45, 7) is 6.37. The van der Waals surface area contributed by atoms with Crippen LogP contribution in [0.2, 0.25) is 0 Å². The third-order valence-electron chi connectivity index (χ3n) is 6.92. The number of aliphatic imine (C=N–C) groups is 1. The highest BCUT2D eigenvalue weighted by atomic mass is 32.3. The number of nitrogens with zero attached hydrogens (tertiary/aromatic N) is 4. The second-order valence-electron chi connectivity index (χ2n) is 11.4. The molecule has 3 fully saturated rings. The molecule has 0 aliphatic carbocycles. The number of piperidine rings is 3. The normalized spacial score (nSPS) is 21.0. The Morgan fingerprint density at radius 3 is 1.46 bits per heavy atom. The second kappa shape index (κ2) is 18.9. The van der Waals surface area contributed by atoms with Crippen molar-refractivity contribution in [3.8, 4) is 0 Å². The maximum atomic E-state index is 12.6. The highest BCUT2D eigenvalue weighted by molar-refractivity contribution is 7.86. The topological polar surface area (TPSA) is 209 Å². The Hall–Kier alpha value is -1.47. The Morgan fingerprint density at radius 2 is 1.13 bits per heavy atom. The van der Waals surface area contributed by atoms with Gasteiger partial charge < -0.3 is 5.32 Å². The summed E-state index contributed by atoms with van der Waals surface area (Å²) in [6.07, 6.45) is 6.44. The van der Waals surface area contributed by atoms with Gasteiger partial charge in [0.25, 0.3) is 10.1 Å². The molecule has 0 bridgehead atoms. The summed E-state index contributed by atoms with van der Waals surface area (Å²) in [5.41, 5.74) is 2.30. The number of amides is 1. The highest BCUT2D eigenvalue weighted by Gasteiger charge is 2.29. The summed E-state index contributed by atoms with van der Waals surface area (Å²) in [5.74, 6) is 0.432. The molecule has 0 aromatic heterocycles. The van der Waals surface area contributed by atoms with Crippen molar-refractivity contribution in [1.82, 2.24) is 23.7 Å². The van der Waals surface area contributed by atoms with E-state index in [0.29, 0.717) is 48.7 Å². The smallest absolute Gasteiger partial charge is 0.354 e. The largest absolute Gasteiger partial charge is 0.374 e. The van der Waals surface area contributed by atoms with Crippen LogP contribution >= 0.6 is 0 Å². The van der Waals surface area contributed by atoms with Crippen LogP contribution in [0.5, 0.6) is 0 Å². The fourth-order valence-electron chi connectivity index (χ4n) is 4.48. The number of halogens is 3. The standard InChI is InChI=1S/C10H19FN2O2S.C7H13FN2O3S.C6H13FN2O5S2/c1-9(2)3-6-12-10-4-7-13(8-5-10)16(11,14)15;1-6(11)9-7-2-4-10(5-3-7)14(8,12)13;1-15(10,11)14-8-6-2-4-9(5-3-6)16(7,12)13/h6,9-10H,3-5,7-8H2,1-2H3;7H,2-5H2,1H3,(H,9,11);6,8H,2-5H2,1H3. The van der Waals surface area contributed by atoms with Crippen molar-refractivity contribution in [1.29, 1.82) is 0 Å². The Labute approximate surface area is 271 Å². The molecule has 3 aliphatic heterocycles. The summed E-state index contributed by atoms with van der Waals surface area (Å²) in [7, 11) is -17.3. The molecule has 2 N–H and O–H groups in total.